The fraction of sp³-hybridized carbons (Fsp3) is 0.0714. The van der Waals surface area contributed by atoms with E-state index in [0.29, 0.717) is 22.9 Å². The summed E-state index contributed by atoms with van der Waals surface area (Å²) >= 11 is 5.58. The van der Waals surface area contributed by atoms with Crippen LogP contribution < -0.4 is 20.5 Å². The highest BCUT2D eigenvalue weighted by Gasteiger charge is 2.18. The molecule has 0 saturated carbocycles. The van der Waals surface area contributed by atoms with E-state index in [4.69, 9.17) is 26.8 Å². The van der Waals surface area contributed by atoms with Gasteiger partial charge in [0.2, 0.25) is 6.79 Å². The molecule has 0 unspecified atom stereocenters. The molecule has 0 aromatic heterocycles. The number of nitrogens with two attached hydrogens (primary N) is 1. The first-order valence-electron chi connectivity index (χ1n) is 6.00. The molecule has 2 aromatic carbocycles. The monoisotopic (exact) mass is 308 g/mol. The summed E-state index contributed by atoms with van der Waals surface area (Å²) < 4.78 is 23.7. The quantitative estimate of drug-likeness (QED) is 0.836. The molecule has 3 N–H and O–H groups in total. The maximum atomic E-state index is 13.4. The normalized spacial score (nSPS) is 12.3. The van der Waals surface area contributed by atoms with Gasteiger partial charge < -0.3 is 20.5 Å². The van der Waals surface area contributed by atoms with Gasteiger partial charge in [0.05, 0.1) is 16.4 Å². The van der Waals surface area contributed by atoms with E-state index in [1.165, 1.54) is 12.1 Å². The van der Waals surface area contributed by atoms with Crippen LogP contribution in [0.5, 0.6) is 11.5 Å². The fourth-order valence-corrected chi connectivity index (χ4v) is 2.02. The minimum absolute atomic E-state index is 0.0471. The first kappa shape index (κ1) is 13.5. The molecule has 7 heteroatoms. The SMILES string of the molecule is Nc1cc2c(cc1NC(=O)c1ccc(Cl)c(F)c1)OCO2. The van der Waals surface area contributed by atoms with Gasteiger partial charge in [-0.25, -0.2) is 4.39 Å². The lowest BCUT2D eigenvalue weighted by Crippen LogP contribution is -2.13. The molecule has 1 amide bonds. The number of hydrogen-bond donors (Lipinski definition) is 2. The van der Waals surface area contributed by atoms with Crippen LogP contribution >= 0.6 is 11.6 Å². The number of hydrogen-bond acceptors (Lipinski definition) is 4. The number of nitrogens with one attached hydrogen (secondary N) is 1. The summed E-state index contributed by atoms with van der Waals surface area (Å²) in [5.41, 5.74) is 6.64. The Morgan fingerprint density at radius 2 is 1.95 bits per heavy atom. The molecule has 0 bridgehead atoms. The molecule has 1 aliphatic rings. The Bertz CT molecular complexity index is 736. The number of carbonyl (C=O) groups is 1. The Morgan fingerprint density at radius 1 is 1.24 bits per heavy atom. The number of rotatable bonds is 2. The van der Waals surface area contributed by atoms with Crippen LogP contribution in [0, 0.1) is 5.82 Å². The lowest BCUT2D eigenvalue weighted by molar-refractivity contribution is 0.102. The van der Waals surface area contributed by atoms with E-state index in [9.17, 15) is 9.18 Å². The first-order valence-corrected chi connectivity index (χ1v) is 6.38. The zero-order valence-corrected chi connectivity index (χ0v) is 11.4. The van der Waals surface area contributed by atoms with Crippen LogP contribution in [-0.2, 0) is 0 Å². The fourth-order valence-electron chi connectivity index (χ4n) is 1.90. The van der Waals surface area contributed by atoms with E-state index in [1.807, 2.05) is 0 Å². The van der Waals surface area contributed by atoms with Gasteiger partial charge in [0.15, 0.2) is 11.5 Å². The Balaban J connectivity index is 1.86. The van der Waals surface area contributed by atoms with Gasteiger partial charge in [0.25, 0.3) is 5.91 Å². The minimum atomic E-state index is -0.664. The number of fused-ring (bicyclic) bond motifs is 1. The number of ether oxygens (including phenoxy) is 2. The molecule has 0 saturated heterocycles. The summed E-state index contributed by atoms with van der Waals surface area (Å²) in [7, 11) is 0. The van der Waals surface area contributed by atoms with E-state index in [0.717, 1.165) is 6.07 Å². The van der Waals surface area contributed by atoms with Crippen molar-refractivity contribution < 1.29 is 18.7 Å². The number of nitrogen functional groups attached to an aromatic ring is 1. The first-order chi connectivity index (χ1) is 10.0. The van der Waals surface area contributed by atoms with E-state index in [1.54, 1.807) is 12.1 Å². The van der Waals surface area contributed by atoms with Crippen molar-refractivity contribution in [3.05, 3.63) is 46.7 Å². The van der Waals surface area contributed by atoms with Gasteiger partial charge in [-0.05, 0) is 18.2 Å². The molecule has 1 heterocycles. The molecule has 21 heavy (non-hydrogen) atoms. The largest absolute Gasteiger partial charge is 0.454 e. The maximum absolute atomic E-state index is 13.4. The van der Waals surface area contributed by atoms with Crippen LogP contribution in [0.4, 0.5) is 15.8 Å². The Hall–Kier alpha value is -2.47. The molecule has 0 radical (unpaired) electrons. The molecule has 108 valence electrons. The summed E-state index contributed by atoms with van der Waals surface area (Å²) in [6.07, 6.45) is 0. The van der Waals surface area contributed by atoms with Gasteiger partial charge in [0.1, 0.15) is 5.82 Å². The van der Waals surface area contributed by atoms with E-state index in [2.05, 4.69) is 5.32 Å². The minimum Gasteiger partial charge on any atom is -0.454 e. The lowest BCUT2D eigenvalue weighted by Gasteiger charge is -2.09. The molecular weight excluding hydrogens is 299 g/mol. The van der Waals surface area contributed by atoms with Crippen molar-refractivity contribution >= 4 is 28.9 Å². The van der Waals surface area contributed by atoms with E-state index in [-0.39, 0.29) is 17.4 Å². The van der Waals surface area contributed by atoms with Gasteiger partial charge in [0, 0.05) is 17.7 Å². The number of carbonyl (C=O) groups excluding carboxylic acids is 1. The van der Waals surface area contributed by atoms with Gasteiger partial charge in [-0.1, -0.05) is 11.6 Å². The van der Waals surface area contributed by atoms with Crippen molar-refractivity contribution in [2.24, 2.45) is 0 Å². The average Bonchev–Trinajstić information content (AvgIpc) is 2.89. The molecule has 0 aliphatic carbocycles. The highest BCUT2D eigenvalue weighted by Crippen LogP contribution is 2.38. The standard InChI is InChI=1S/C14H10ClFN2O3/c15-8-2-1-7(3-9(8)16)14(19)18-11-5-13-12(4-10(11)17)20-6-21-13/h1-5H,6,17H2,(H,18,19). The smallest absolute Gasteiger partial charge is 0.255 e. The highest BCUT2D eigenvalue weighted by atomic mass is 35.5. The molecular formula is C14H10ClFN2O3. The Labute approximate surface area is 124 Å². The van der Waals surface area contributed by atoms with Crippen LogP contribution in [0.25, 0.3) is 0 Å². The van der Waals surface area contributed by atoms with E-state index >= 15 is 0 Å². The van der Waals surface area contributed by atoms with Crippen LogP contribution in [-0.4, -0.2) is 12.7 Å². The third kappa shape index (κ3) is 2.57. The third-order valence-corrected chi connectivity index (χ3v) is 3.28. The molecule has 1 aliphatic heterocycles. The van der Waals surface area contributed by atoms with Crippen molar-refractivity contribution in [2.45, 2.75) is 0 Å². The molecule has 0 atom stereocenters. The van der Waals surface area contributed by atoms with Crippen molar-refractivity contribution in [3.8, 4) is 11.5 Å². The molecule has 2 aromatic rings. The lowest BCUT2D eigenvalue weighted by atomic mass is 10.2. The summed E-state index contributed by atoms with van der Waals surface area (Å²) in [5.74, 6) is -0.163. The molecule has 0 spiro atoms. The Kier molecular flexibility index (Phi) is 3.31. The summed E-state index contributed by atoms with van der Waals surface area (Å²) in [5, 5.41) is 2.55. The van der Waals surface area contributed by atoms with Crippen molar-refractivity contribution in [1.29, 1.82) is 0 Å². The number of amides is 1. The van der Waals surface area contributed by atoms with Crippen molar-refractivity contribution in [2.75, 3.05) is 17.8 Å². The zero-order chi connectivity index (χ0) is 15.0. The second-order valence-corrected chi connectivity index (χ2v) is 4.78. The second kappa shape index (κ2) is 5.14. The van der Waals surface area contributed by atoms with Crippen LogP contribution in [0.1, 0.15) is 10.4 Å². The predicted octanol–water partition coefficient (Wildman–Crippen LogP) is 3.04. The van der Waals surface area contributed by atoms with Gasteiger partial charge in [-0.2, -0.15) is 0 Å². The van der Waals surface area contributed by atoms with Crippen molar-refractivity contribution in [1.82, 2.24) is 0 Å². The topological polar surface area (TPSA) is 73.6 Å². The average molecular weight is 309 g/mol. The molecule has 3 rings (SSSR count). The van der Waals surface area contributed by atoms with Gasteiger partial charge >= 0.3 is 0 Å². The summed E-state index contributed by atoms with van der Waals surface area (Å²) in [6.45, 7) is 0.106. The number of anilines is 2. The summed E-state index contributed by atoms with van der Waals surface area (Å²) in [4.78, 5) is 12.1. The second-order valence-electron chi connectivity index (χ2n) is 4.38. The van der Waals surface area contributed by atoms with Gasteiger partial charge in [-0.15, -0.1) is 0 Å². The zero-order valence-electron chi connectivity index (χ0n) is 10.7. The summed E-state index contributed by atoms with van der Waals surface area (Å²) in [6, 6.07) is 6.90. The van der Waals surface area contributed by atoms with E-state index < -0.39 is 11.7 Å². The van der Waals surface area contributed by atoms with Crippen LogP contribution in [0.2, 0.25) is 5.02 Å². The Morgan fingerprint density at radius 3 is 2.67 bits per heavy atom. The third-order valence-electron chi connectivity index (χ3n) is 2.97. The maximum Gasteiger partial charge on any atom is 0.255 e. The number of halogens is 2. The van der Waals surface area contributed by atoms with Gasteiger partial charge in [-0.3, -0.25) is 4.79 Å². The molecule has 0 fully saturated rings. The highest BCUT2D eigenvalue weighted by molar-refractivity contribution is 6.30. The van der Waals surface area contributed by atoms with Crippen molar-refractivity contribution in [3.63, 3.8) is 0 Å². The predicted molar refractivity (Wildman–Crippen MR) is 76.3 cm³/mol. The van der Waals surface area contributed by atoms with Crippen LogP contribution in [0.3, 0.4) is 0 Å². The number of benzene rings is 2. The van der Waals surface area contributed by atoms with Crippen LogP contribution in [0.15, 0.2) is 30.3 Å². The molecule has 5 nitrogen and oxygen atoms in total.